The van der Waals surface area contributed by atoms with Crippen molar-refractivity contribution in [2.24, 2.45) is 0 Å². The van der Waals surface area contributed by atoms with Crippen molar-refractivity contribution in [2.75, 3.05) is 13.7 Å². The molecule has 26 heavy (non-hydrogen) atoms. The van der Waals surface area contributed by atoms with Crippen LogP contribution in [0.3, 0.4) is 0 Å². The van der Waals surface area contributed by atoms with Crippen LogP contribution in [0.25, 0.3) is 0 Å². The fraction of sp³-hybridized carbons (Fsp3) is 0.500. The molecular weight excluding hydrogens is 398 g/mol. The number of alkyl halides is 3. The maximum Gasteiger partial charge on any atom is 0.516 e. The number of benzene rings is 1. The molecule has 5 nitrogen and oxygen atoms in total. The van der Waals surface area contributed by atoms with Crippen LogP contribution in [0.4, 0.5) is 13.2 Å². The van der Waals surface area contributed by atoms with E-state index in [0.29, 0.717) is 0 Å². The molecule has 0 saturated carbocycles. The Hall–Kier alpha value is -1.35. The molecule has 0 bridgehead atoms. The Morgan fingerprint density at radius 2 is 1.73 bits per heavy atom. The largest absolute Gasteiger partial charge is 0.516 e. The monoisotopic (exact) mass is 417 g/mol. The highest BCUT2D eigenvalue weighted by molar-refractivity contribution is 6.36. The van der Waals surface area contributed by atoms with E-state index in [4.69, 9.17) is 32.8 Å². The third-order valence-electron chi connectivity index (χ3n) is 3.39. The van der Waals surface area contributed by atoms with E-state index < -0.39 is 23.3 Å². The number of amides is 1. The molecule has 1 rings (SSSR count). The van der Waals surface area contributed by atoms with Crippen LogP contribution in [0.5, 0.6) is 0 Å². The Balaban J connectivity index is 2.92. The zero-order chi connectivity index (χ0) is 20.3. The summed E-state index contributed by atoms with van der Waals surface area (Å²) in [6.45, 7) is 4.72. The molecule has 2 N–H and O–H groups in total. The van der Waals surface area contributed by atoms with Gasteiger partial charge in [-0.05, 0) is 32.9 Å². The number of hydroxylamine groups is 2. The lowest BCUT2D eigenvalue weighted by Gasteiger charge is -2.22. The molecule has 0 aliphatic carbocycles. The molecule has 1 aromatic carbocycles. The van der Waals surface area contributed by atoms with Crippen molar-refractivity contribution in [1.82, 2.24) is 0 Å². The molecule has 1 aromatic rings. The van der Waals surface area contributed by atoms with Gasteiger partial charge in [0.1, 0.15) is 7.05 Å². The molecule has 0 radical (unpaired) electrons. The number of hydrogen-bond donors (Lipinski definition) is 1. The number of nitrogens with one attached hydrogen (secondary N) is 1. The average molecular weight is 418 g/mol. The van der Waals surface area contributed by atoms with Gasteiger partial charge < -0.3 is 4.74 Å². The van der Waals surface area contributed by atoms with Crippen molar-refractivity contribution in [3.8, 4) is 0 Å². The van der Waals surface area contributed by atoms with E-state index in [2.05, 4.69) is 0 Å². The van der Waals surface area contributed by atoms with Gasteiger partial charge in [-0.2, -0.15) is 18.0 Å². The number of carbonyl (C=O) groups is 1. The van der Waals surface area contributed by atoms with E-state index in [0.717, 1.165) is 12.1 Å². The molecule has 0 heterocycles. The number of rotatable bonds is 6. The van der Waals surface area contributed by atoms with Gasteiger partial charge in [0.25, 0.3) is 0 Å². The summed E-state index contributed by atoms with van der Waals surface area (Å²) in [5, 5.41) is -0.488. The summed E-state index contributed by atoms with van der Waals surface area (Å²) >= 11 is 11.8. The summed E-state index contributed by atoms with van der Waals surface area (Å²) in [5.41, 5.74) is -2.24. The fourth-order valence-electron chi connectivity index (χ4n) is 2.02. The van der Waals surface area contributed by atoms with Crippen molar-refractivity contribution in [3.05, 3.63) is 33.3 Å². The van der Waals surface area contributed by atoms with Crippen molar-refractivity contribution in [2.45, 2.75) is 39.0 Å². The van der Waals surface area contributed by atoms with Crippen LogP contribution in [0, 0.1) is 0 Å². The van der Waals surface area contributed by atoms with Crippen LogP contribution in [-0.4, -0.2) is 35.9 Å². The lowest BCUT2D eigenvalue weighted by molar-refractivity contribution is -1.02. The Morgan fingerprint density at radius 3 is 2.15 bits per heavy atom. The van der Waals surface area contributed by atoms with Crippen molar-refractivity contribution in [1.29, 1.82) is 0 Å². The highest BCUT2D eigenvalue weighted by Gasteiger charge is 2.40. The standard InChI is InChI=1S/C16H18Cl2F3NO4/c1-5-25-14(24)15(2,3)26-22(4)13(23)8-10-11(17)6-9(7-12(10)18)16(19,20)21/h6-7H,5,8H2,1-4H3/p+2. The zero-order valence-electron chi connectivity index (χ0n) is 14.6. The van der Waals surface area contributed by atoms with Gasteiger partial charge in [0.15, 0.2) is 6.42 Å². The fourth-order valence-corrected chi connectivity index (χ4v) is 2.64. The van der Waals surface area contributed by atoms with Gasteiger partial charge in [0.2, 0.25) is 5.60 Å². The topological polar surface area (TPSA) is 61.4 Å². The molecule has 0 fully saturated rings. The lowest BCUT2D eigenvalue weighted by atomic mass is 10.1. The van der Waals surface area contributed by atoms with Gasteiger partial charge >= 0.3 is 18.1 Å². The van der Waals surface area contributed by atoms with Crippen LogP contribution >= 0.6 is 23.2 Å². The predicted molar refractivity (Wildman–Crippen MR) is 90.8 cm³/mol. The molecule has 1 amide bonds. The summed E-state index contributed by atoms with van der Waals surface area (Å²) in [7, 11) is 1.40. The summed E-state index contributed by atoms with van der Waals surface area (Å²) in [6.07, 6.45) is -4.85. The lowest BCUT2D eigenvalue weighted by Crippen LogP contribution is -3.12. The maximum absolute atomic E-state index is 12.8. The van der Waals surface area contributed by atoms with E-state index >= 15 is 0 Å². The first-order chi connectivity index (χ1) is 11.8. The molecular formula is C16H20Cl2F3NO4+2. The van der Waals surface area contributed by atoms with Crippen LogP contribution < -0.4 is 5.06 Å². The van der Waals surface area contributed by atoms with E-state index in [1.54, 1.807) is 6.92 Å². The highest BCUT2D eigenvalue weighted by atomic mass is 35.5. The first-order valence-corrected chi connectivity index (χ1v) is 8.35. The Morgan fingerprint density at radius 1 is 1.23 bits per heavy atom. The highest BCUT2D eigenvalue weighted by Crippen LogP contribution is 2.35. The average Bonchev–Trinajstić information content (AvgIpc) is 2.49. The third kappa shape index (κ3) is 5.84. The number of esters is 1. The molecule has 1 atom stereocenters. The van der Waals surface area contributed by atoms with Gasteiger partial charge in [-0.3, -0.25) is 0 Å². The zero-order valence-corrected chi connectivity index (χ0v) is 16.1. The summed E-state index contributed by atoms with van der Waals surface area (Å²) in [6, 6.07) is 1.46. The van der Waals surface area contributed by atoms with Crippen LogP contribution in [0.2, 0.25) is 10.0 Å². The Kier molecular flexibility index (Phi) is 7.47. The predicted octanol–water partition coefficient (Wildman–Crippen LogP) is 2.85. The van der Waals surface area contributed by atoms with Crippen LogP contribution in [0.1, 0.15) is 31.9 Å². The molecule has 0 aliphatic rings. The molecule has 0 aliphatic heterocycles. The van der Waals surface area contributed by atoms with Gasteiger partial charge in [-0.1, -0.05) is 28.3 Å². The SMILES string of the molecule is CCOC(=O)C(C)(C)O[NH+](C)C(=[OH+])Cc1c(Cl)cc(C(F)(F)F)cc1Cl. The minimum atomic E-state index is -4.59. The minimum Gasteiger partial charge on any atom is -0.464 e. The summed E-state index contributed by atoms with van der Waals surface area (Å²) in [4.78, 5) is 27.4. The molecule has 1 unspecified atom stereocenters. The molecule has 0 spiro atoms. The van der Waals surface area contributed by atoms with E-state index in [9.17, 15) is 22.8 Å². The van der Waals surface area contributed by atoms with Crippen LogP contribution in [-0.2, 0) is 27.0 Å². The number of hydrogen-bond acceptors (Lipinski definition) is 3. The second kappa shape index (κ2) is 8.56. The second-order valence-electron chi connectivity index (χ2n) is 5.93. The molecule has 0 aromatic heterocycles. The van der Waals surface area contributed by atoms with E-state index in [1.165, 1.54) is 20.9 Å². The van der Waals surface area contributed by atoms with Gasteiger partial charge in [0.05, 0.1) is 12.2 Å². The summed E-state index contributed by atoms with van der Waals surface area (Å²) < 4.78 is 43.1. The smallest absolute Gasteiger partial charge is 0.464 e. The van der Waals surface area contributed by atoms with Crippen molar-refractivity contribution in [3.63, 3.8) is 0 Å². The Labute approximate surface area is 158 Å². The van der Waals surface area contributed by atoms with Gasteiger partial charge in [-0.15, -0.1) is 0 Å². The molecule has 0 saturated heterocycles. The quantitative estimate of drug-likeness (QED) is 0.439. The summed E-state index contributed by atoms with van der Waals surface area (Å²) in [5.74, 6) is -0.955. The van der Waals surface area contributed by atoms with Gasteiger partial charge in [0, 0.05) is 15.6 Å². The van der Waals surface area contributed by atoms with Crippen molar-refractivity contribution >= 4 is 35.1 Å². The number of halogens is 5. The van der Waals surface area contributed by atoms with E-state index in [-0.39, 0.29) is 39.6 Å². The minimum absolute atomic E-state index is 0.00455. The number of likely N-dealkylation sites (N-methyl/N-ethyl adjacent to an activating group) is 1. The van der Waals surface area contributed by atoms with E-state index in [1.807, 2.05) is 0 Å². The molecule has 146 valence electrons. The molecule has 10 heteroatoms. The maximum atomic E-state index is 12.8. The number of quaternary nitrogens is 1. The number of carbonyl (C=O) groups excluding carboxylic acids is 2. The van der Waals surface area contributed by atoms with Gasteiger partial charge in [-0.25, -0.2) is 9.59 Å². The van der Waals surface area contributed by atoms with Crippen molar-refractivity contribution < 1.29 is 37.4 Å². The Bertz CT molecular complexity index is 670. The van der Waals surface area contributed by atoms with Crippen LogP contribution in [0.15, 0.2) is 12.1 Å². The first-order valence-electron chi connectivity index (χ1n) is 7.59. The number of ether oxygens (including phenoxy) is 1. The first kappa shape index (κ1) is 22.7. The second-order valence-corrected chi connectivity index (χ2v) is 6.74. The third-order valence-corrected chi connectivity index (χ3v) is 4.07. The normalized spacial score (nSPS) is 13.4.